The molecule has 2 aliphatic rings. The van der Waals surface area contributed by atoms with Gasteiger partial charge >= 0.3 is 0 Å². The number of rotatable bonds is 5. The molecule has 6 rings (SSSR count). The SMILES string of the molecule is COc1ccc(-c2csc(N3C(=N)SC4C3=NN(c3ccccc3)C4c3ccc(C)cc3)n2)cc1. The first-order valence-electron chi connectivity index (χ1n) is 11.3. The average Bonchev–Trinajstić information content (AvgIpc) is 3.59. The molecule has 1 saturated heterocycles. The number of aromatic nitrogens is 1. The van der Waals surface area contributed by atoms with Crippen LogP contribution in [0.25, 0.3) is 11.3 Å². The van der Waals surface area contributed by atoms with E-state index < -0.39 is 0 Å². The summed E-state index contributed by atoms with van der Waals surface area (Å²) >= 11 is 3.07. The predicted octanol–water partition coefficient (Wildman–Crippen LogP) is 6.56. The Bertz CT molecular complexity index is 1400. The first-order valence-corrected chi connectivity index (χ1v) is 13.0. The van der Waals surface area contributed by atoms with Gasteiger partial charge in [0.05, 0.1) is 29.8 Å². The van der Waals surface area contributed by atoms with E-state index in [9.17, 15) is 0 Å². The molecule has 0 bridgehead atoms. The minimum Gasteiger partial charge on any atom is -0.497 e. The van der Waals surface area contributed by atoms with Gasteiger partial charge in [-0.1, -0.05) is 59.8 Å². The van der Waals surface area contributed by atoms with Gasteiger partial charge in [-0.05, 0) is 48.9 Å². The lowest BCUT2D eigenvalue weighted by Crippen LogP contribution is -2.31. The number of amidine groups is 2. The quantitative estimate of drug-likeness (QED) is 0.338. The maximum absolute atomic E-state index is 8.81. The number of benzene rings is 3. The zero-order chi connectivity index (χ0) is 23.9. The molecule has 0 saturated carbocycles. The van der Waals surface area contributed by atoms with Crippen molar-refractivity contribution in [1.82, 2.24) is 4.98 Å². The van der Waals surface area contributed by atoms with Gasteiger partial charge in [0.25, 0.3) is 0 Å². The first-order chi connectivity index (χ1) is 17.1. The number of thioether (sulfide) groups is 1. The van der Waals surface area contributed by atoms with Crippen LogP contribution in [0.15, 0.2) is 89.3 Å². The largest absolute Gasteiger partial charge is 0.497 e. The Balaban J connectivity index is 1.38. The van der Waals surface area contributed by atoms with Crippen LogP contribution in [0.1, 0.15) is 17.2 Å². The zero-order valence-corrected chi connectivity index (χ0v) is 20.9. The van der Waals surface area contributed by atoms with Crippen LogP contribution in [0.3, 0.4) is 0 Å². The molecule has 0 radical (unpaired) electrons. The van der Waals surface area contributed by atoms with Crippen molar-refractivity contribution in [3.8, 4) is 17.0 Å². The number of para-hydroxylation sites is 1. The lowest BCUT2D eigenvalue weighted by atomic mass is 10.0. The molecule has 4 aromatic rings. The molecule has 2 aliphatic heterocycles. The van der Waals surface area contributed by atoms with Gasteiger partial charge in [0.1, 0.15) is 5.75 Å². The zero-order valence-electron chi connectivity index (χ0n) is 19.3. The van der Waals surface area contributed by atoms with Crippen molar-refractivity contribution in [3.63, 3.8) is 0 Å². The van der Waals surface area contributed by atoms with Crippen LogP contribution in [0.2, 0.25) is 0 Å². The number of hydrogen-bond acceptors (Lipinski definition) is 7. The summed E-state index contributed by atoms with van der Waals surface area (Å²) in [5.41, 5.74) is 5.33. The summed E-state index contributed by atoms with van der Waals surface area (Å²) in [6.45, 7) is 2.10. The molecular weight excluding hydrogens is 474 g/mol. The van der Waals surface area contributed by atoms with E-state index in [1.807, 2.05) is 52.7 Å². The van der Waals surface area contributed by atoms with Gasteiger partial charge in [0, 0.05) is 10.9 Å². The number of ether oxygens (including phenoxy) is 1. The average molecular weight is 498 g/mol. The van der Waals surface area contributed by atoms with Crippen LogP contribution < -0.4 is 14.6 Å². The van der Waals surface area contributed by atoms with Crippen molar-refractivity contribution in [2.24, 2.45) is 5.10 Å². The molecule has 6 nitrogen and oxygen atoms in total. The molecule has 0 spiro atoms. The number of methoxy groups -OCH3 is 1. The number of anilines is 2. The maximum atomic E-state index is 8.81. The van der Waals surface area contributed by atoms with Crippen molar-refractivity contribution in [2.75, 3.05) is 17.0 Å². The highest BCUT2D eigenvalue weighted by Gasteiger charge is 2.49. The second-order valence-corrected chi connectivity index (χ2v) is 10.4. The molecule has 1 fully saturated rings. The molecule has 8 heteroatoms. The Hall–Kier alpha value is -3.62. The lowest BCUT2D eigenvalue weighted by Gasteiger charge is -2.26. The molecule has 1 N–H and O–H groups in total. The Labute approximate surface area is 212 Å². The fraction of sp³-hybridized carbons (Fsp3) is 0.148. The summed E-state index contributed by atoms with van der Waals surface area (Å²) in [4.78, 5) is 6.79. The summed E-state index contributed by atoms with van der Waals surface area (Å²) in [7, 11) is 1.66. The minimum absolute atomic E-state index is 0.00116. The molecule has 3 heterocycles. The van der Waals surface area contributed by atoms with Crippen molar-refractivity contribution in [3.05, 3.63) is 95.4 Å². The number of thiazole rings is 1. The number of hydrogen-bond donors (Lipinski definition) is 1. The molecular formula is C27H23N5OS2. The lowest BCUT2D eigenvalue weighted by molar-refractivity contribution is 0.415. The van der Waals surface area contributed by atoms with Crippen LogP contribution in [-0.4, -0.2) is 28.3 Å². The summed E-state index contributed by atoms with van der Waals surface area (Å²) in [5.74, 6) is 1.67. The Morgan fingerprint density at radius 1 is 0.943 bits per heavy atom. The molecule has 3 aromatic carbocycles. The summed E-state index contributed by atoms with van der Waals surface area (Å²) < 4.78 is 5.28. The minimum atomic E-state index is -0.00984. The van der Waals surface area contributed by atoms with E-state index in [0.29, 0.717) is 5.17 Å². The van der Waals surface area contributed by atoms with Crippen molar-refractivity contribution >= 4 is 44.9 Å². The summed E-state index contributed by atoms with van der Waals surface area (Å²) in [6.07, 6.45) is 0. The van der Waals surface area contributed by atoms with Crippen LogP contribution in [0, 0.1) is 12.3 Å². The Morgan fingerprint density at radius 3 is 2.40 bits per heavy atom. The van der Waals surface area contributed by atoms with E-state index in [0.717, 1.165) is 33.7 Å². The van der Waals surface area contributed by atoms with Gasteiger partial charge in [0.2, 0.25) is 0 Å². The molecule has 0 amide bonds. The van der Waals surface area contributed by atoms with Gasteiger partial charge in [-0.2, -0.15) is 5.10 Å². The van der Waals surface area contributed by atoms with Crippen molar-refractivity contribution in [1.29, 1.82) is 5.41 Å². The summed E-state index contributed by atoms with van der Waals surface area (Å²) in [5, 5.41) is 19.2. The van der Waals surface area contributed by atoms with E-state index in [1.165, 1.54) is 22.5 Å². The number of nitrogens with one attached hydrogen (secondary N) is 1. The third kappa shape index (κ3) is 3.88. The van der Waals surface area contributed by atoms with E-state index in [4.69, 9.17) is 20.2 Å². The van der Waals surface area contributed by atoms with Crippen LogP contribution >= 0.6 is 23.1 Å². The molecule has 2 unspecified atom stereocenters. The smallest absolute Gasteiger partial charge is 0.197 e. The Morgan fingerprint density at radius 2 is 1.69 bits per heavy atom. The first kappa shape index (κ1) is 21.9. The summed E-state index contributed by atoms with van der Waals surface area (Å²) in [6, 6.07) is 26.7. The fourth-order valence-corrected chi connectivity index (χ4v) is 6.48. The molecule has 35 heavy (non-hydrogen) atoms. The normalized spacial score (nSPS) is 19.1. The molecule has 174 valence electrons. The second-order valence-electron chi connectivity index (χ2n) is 8.42. The predicted molar refractivity (Wildman–Crippen MR) is 146 cm³/mol. The fourth-order valence-electron chi connectivity index (χ4n) is 4.39. The second kappa shape index (κ2) is 8.87. The monoisotopic (exact) mass is 497 g/mol. The molecule has 0 aliphatic carbocycles. The van der Waals surface area contributed by atoms with E-state index >= 15 is 0 Å². The van der Waals surface area contributed by atoms with Crippen LogP contribution in [-0.2, 0) is 0 Å². The number of hydrazone groups is 1. The van der Waals surface area contributed by atoms with Gasteiger partial charge in [-0.3, -0.25) is 10.4 Å². The van der Waals surface area contributed by atoms with Crippen LogP contribution in [0.5, 0.6) is 5.75 Å². The molecule has 2 atom stereocenters. The highest BCUT2D eigenvalue weighted by Crippen LogP contribution is 2.47. The number of fused-ring (bicyclic) bond motifs is 1. The van der Waals surface area contributed by atoms with Crippen molar-refractivity contribution < 1.29 is 4.74 Å². The van der Waals surface area contributed by atoms with Gasteiger partial charge < -0.3 is 4.74 Å². The van der Waals surface area contributed by atoms with Gasteiger partial charge in [-0.25, -0.2) is 9.88 Å². The maximum Gasteiger partial charge on any atom is 0.197 e. The van der Waals surface area contributed by atoms with Crippen molar-refractivity contribution in [2.45, 2.75) is 18.2 Å². The van der Waals surface area contributed by atoms with E-state index in [2.05, 4.69) is 48.3 Å². The third-order valence-corrected chi connectivity index (χ3v) is 8.15. The van der Waals surface area contributed by atoms with Gasteiger partial charge in [-0.15, -0.1) is 11.3 Å². The standard InChI is InChI=1S/C27H23N5OS2/c1-17-8-10-19(11-9-17)23-24-25(30-32(23)20-6-4-3-5-7-20)31(26(28)35-24)27-29-22(16-34-27)18-12-14-21(33-2)15-13-18/h3-16,23-24,28H,1-2H3. The third-order valence-electron chi connectivity index (χ3n) is 6.19. The van der Waals surface area contributed by atoms with Crippen LogP contribution in [0.4, 0.5) is 10.8 Å². The number of nitrogens with zero attached hydrogens (tertiary/aromatic N) is 4. The topological polar surface area (TPSA) is 64.8 Å². The Kier molecular flexibility index (Phi) is 5.54. The van der Waals surface area contributed by atoms with Gasteiger partial charge in [0.15, 0.2) is 16.1 Å². The highest BCUT2D eigenvalue weighted by atomic mass is 32.2. The van der Waals surface area contributed by atoms with E-state index in [1.54, 1.807) is 18.9 Å². The van der Waals surface area contributed by atoms with E-state index in [-0.39, 0.29) is 11.3 Å². The molecule has 1 aromatic heterocycles. The highest BCUT2D eigenvalue weighted by molar-refractivity contribution is 8.16. The number of aryl methyl sites for hydroxylation is 1.